The molecule has 0 bridgehead atoms. The third-order valence-electron chi connectivity index (χ3n) is 3.00. The molecule has 0 aliphatic carbocycles. The number of benzene rings is 2. The molecular formula is C16H17NO4. The number of para-hydroxylation sites is 1. The van der Waals surface area contributed by atoms with Crippen LogP contribution in [-0.2, 0) is 11.2 Å². The number of nitrogens with two attached hydrogens (primary N) is 1. The maximum atomic E-state index is 10.9. The van der Waals surface area contributed by atoms with Gasteiger partial charge in [-0.05, 0) is 23.8 Å². The molecule has 0 saturated carbocycles. The average molecular weight is 287 g/mol. The Morgan fingerprint density at radius 2 is 1.90 bits per heavy atom. The fourth-order valence-electron chi connectivity index (χ4n) is 1.89. The zero-order valence-electron chi connectivity index (χ0n) is 11.7. The van der Waals surface area contributed by atoms with E-state index in [1.807, 2.05) is 24.3 Å². The first kappa shape index (κ1) is 14.9. The Morgan fingerprint density at radius 1 is 1.19 bits per heavy atom. The standard InChI is InChI=1S/C16H17NO4/c1-20-12-6-4-7-13(10-12)21-15-8-3-2-5-11(15)9-14(17)16(18)19/h2-8,10,14H,9,17H2,1H3,(H,18,19). The van der Waals surface area contributed by atoms with E-state index in [2.05, 4.69) is 0 Å². The third-order valence-corrected chi connectivity index (χ3v) is 3.00. The Bertz CT molecular complexity index is 627. The highest BCUT2D eigenvalue weighted by Gasteiger charge is 2.15. The first-order valence-electron chi connectivity index (χ1n) is 6.48. The number of rotatable bonds is 6. The van der Waals surface area contributed by atoms with E-state index < -0.39 is 12.0 Å². The molecule has 1 atom stereocenters. The van der Waals surface area contributed by atoms with Gasteiger partial charge in [0.25, 0.3) is 0 Å². The van der Waals surface area contributed by atoms with Crippen molar-refractivity contribution in [3.63, 3.8) is 0 Å². The highest BCUT2D eigenvalue weighted by molar-refractivity contribution is 5.73. The van der Waals surface area contributed by atoms with Gasteiger partial charge < -0.3 is 20.3 Å². The quantitative estimate of drug-likeness (QED) is 0.852. The van der Waals surface area contributed by atoms with Crippen LogP contribution in [0.3, 0.4) is 0 Å². The molecule has 0 spiro atoms. The molecule has 5 heteroatoms. The molecule has 3 N–H and O–H groups in total. The normalized spacial score (nSPS) is 11.7. The largest absolute Gasteiger partial charge is 0.497 e. The number of carbonyl (C=O) groups is 1. The van der Waals surface area contributed by atoms with Crippen LogP contribution in [0.25, 0.3) is 0 Å². The molecule has 2 aromatic rings. The molecule has 0 radical (unpaired) electrons. The van der Waals surface area contributed by atoms with Gasteiger partial charge in [-0.1, -0.05) is 24.3 Å². The van der Waals surface area contributed by atoms with E-state index in [4.69, 9.17) is 20.3 Å². The van der Waals surface area contributed by atoms with E-state index in [-0.39, 0.29) is 6.42 Å². The monoisotopic (exact) mass is 287 g/mol. The van der Waals surface area contributed by atoms with E-state index in [0.717, 1.165) is 5.56 Å². The summed E-state index contributed by atoms with van der Waals surface area (Å²) < 4.78 is 10.9. The number of hydrogen-bond acceptors (Lipinski definition) is 4. The van der Waals surface area contributed by atoms with Crippen molar-refractivity contribution < 1.29 is 19.4 Å². The smallest absolute Gasteiger partial charge is 0.320 e. The molecule has 0 amide bonds. The van der Waals surface area contributed by atoms with E-state index in [9.17, 15) is 4.79 Å². The Kier molecular flexibility index (Phi) is 4.79. The summed E-state index contributed by atoms with van der Waals surface area (Å²) in [6, 6.07) is 13.5. The number of methoxy groups -OCH3 is 1. The van der Waals surface area contributed by atoms with Crippen LogP contribution in [0.15, 0.2) is 48.5 Å². The summed E-state index contributed by atoms with van der Waals surface area (Å²) in [5.74, 6) is 0.853. The van der Waals surface area contributed by atoms with Crippen LogP contribution >= 0.6 is 0 Å². The van der Waals surface area contributed by atoms with Crippen LogP contribution in [0.4, 0.5) is 0 Å². The van der Waals surface area contributed by atoms with Crippen molar-refractivity contribution in [3.05, 3.63) is 54.1 Å². The van der Waals surface area contributed by atoms with Crippen molar-refractivity contribution >= 4 is 5.97 Å². The van der Waals surface area contributed by atoms with Crippen molar-refractivity contribution in [1.29, 1.82) is 0 Å². The maximum absolute atomic E-state index is 10.9. The first-order valence-corrected chi connectivity index (χ1v) is 6.48. The zero-order valence-corrected chi connectivity index (χ0v) is 11.7. The van der Waals surface area contributed by atoms with Gasteiger partial charge in [0, 0.05) is 12.5 Å². The SMILES string of the molecule is COc1cccc(Oc2ccccc2CC(N)C(=O)O)c1. The summed E-state index contributed by atoms with van der Waals surface area (Å²) >= 11 is 0. The maximum Gasteiger partial charge on any atom is 0.320 e. The molecule has 0 aliphatic rings. The van der Waals surface area contributed by atoms with Crippen LogP contribution in [0, 0.1) is 0 Å². The van der Waals surface area contributed by atoms with Gasteiger partial charge in [-0.25, -0.2) is 0 Å². The van der Waals surface area contributed by atoms with Gasteiger partial charge in [0.15, 0.2) is 0 Å². The van der Waals surface area contributed by atoms with Gasteiger partial charge >= 0.3 is 5.97 Å². The Morgan fingerprint density at radius 3 is 2.62 bits per heavy atom. The minimum absolute atomic E-state index is 0.204. The summed E-state index contributed by atoms with van der Waals surface area (Å²) in [4.78, 5) is 10.9. The molecule has 110 valence electrons. The van der Waals surface area contributed by atoms with Crippen molar-refractivity contribution in [2.75, 3.05) is 7.11 Å². The van der Waals surface area contributed by atoms with E-state index in [1.54, 1.807) is 31.4 Å². The lowest BCUT2D eigenvalue weighted by atomic mass is 10.1. The van der Waals surface area contributed by atoms with Crippen LogP contribution in [-0.4, -0.2) is 24.2 Å². The highest BCUT2D eigenvalue weighted by atomic mass is 16.5. The summed E-state index contributed by atoms with van der Waals surface area (Å²) in [7, 11) is 1.58. The molecule has 5 nitrogen and oxygen atoms in total. The average Bonchev–Trinajstić information content (AvgIpc) is 2.49. The Labute approximate surface area is 122 Å². The van der Waals surface area contributed by atoms with Crippen LogP contribution in [0.1, 0.15) is 5.56 Å². The van der Waals surface area contributed by atoms with Crippen LogP contribution in [0.5, 0.6) is 17.2 Å². The predicted molar refractivity (Wildman–Crippen MR) is 78.8 cm³/mol. The van der Waals surface area contributed by atoms with Crippen molar-refractivity contribution in [1.82, 2.24) is 0 Å². The van der Waals surface area contributed by atoms with Gasteiger partial charge in [-0.15, -0.1) is 0 Å². The number of aliphatic carboxylic acids is 1. The molecule has 0 fully saturated rings. The molecule has 2 rings (SSSR count). The van der Waals surface area contributed by atoms with Gasteiger partial charge in [-0.2, -0.15) is 0 Å². The molecule has 0 saturated heterocycles. The van der Waals surface area contributed by atoms with Gasteiger partial charge in [-0.3, -0.25) is 4.79 Å². The van der Waals surface area contributed by atoms with Crippen molar-refractivity contribution in [2.45, 2.75) is 12.5 Å². The predicted octanol–water partition coefficient (Wildman–Crippen LogP) is 2.44. The summed E-state index contributed by atoms with van der Waals surface area (Å²) in [6.07, 6.45) is 0.204. The van der Waals surface area contributed by atoms with Gasteiger partial charge in [0.05, 0.1) is 7.11 Å². The van der Waals surface area contributed by atoms with Gasteiger partial charge in [0.2, 0.25) is 0 Å². The lowest BCUT2D eigenvalue weighted by Gasteiger charge is -2.13. The second kappa shape index (κ2) is 6.76. The van der Waals surface area contributed by atoms with Crippen LogP contribution in [0.2, 0.25) is 0 Å². The van der Waals surface area contributed by atoms with E-state index in [1.165, 1.54) is 0 Å². The topological polar surface area (TPSA) is 81.8 Å². The summed E-state index contributed by atoms with van der Waals surface area (Å²) in [5.41, 5.74) is 6.33. The van der Waals surface area contributed by atoms with Crippen molar-refractivity contribution in [2.24, 2.45) is 5.73 Å². The first-order chi connectivity index (χ1) is 10.1. The fraction of sp³-hybridized carbons (Fsp3) is 0.188. The van der Waals surface area contributed by atoms with E-state index in [0.29, 0.717) is 17.2 Å². The second-order valence-electron chi connectivity index (χ2n) is 4.54. The molecule has 2 aromatic carbocycles. The Hall–Kier alpha value is -2.53. The number of hydrogen-bond donors (Lipinski definition) is 2. The van der Waals surface area contributed by atoms with Gasteiger partial charge in [0.1, 0.15) is 23.3 Å². The number of ether oxygens (including phenoxy) is 2. The molecule has 0 aliphatic heterocycles. The molecule has 0 aromatic heterocycles. The Balaban J connectivity index is 2.21. The summed E-state index contributed by atoms with van der Waals surface area (Å²) in [5, 5.41) is 8.91. The molecular weight excluding hydrogens is 270 g/mol. The van der Waals surface area contributed by atoms with Crippen LogP contribution < -0.4 is 15.2 Å². The summed E-state index contributed by atoms with van der Waals surface area (Å²) in [6.45, 7) is 0. The third kappa shape index (κ3) is 3.97. The molecule has 1 unspecified atom stereocenters. The molecule has 0 heterocycles. The number of carboxylic acids is 1. The fourth-order valence-corrected chi connectivity index (χ4v) is 1.89. The minimum Gasteiger partial charge on any atom is -0.497 e. The zero-order chi connectivity index (χ0) is 15.2. The second-order valence-corrected chi connectivity index (χ2v) is 4.54. The lowest BCUT2D eigenvalue weighted by Crippen LogP contribution is -2.32. The number of carboxylic acid groups (broad SMARTS) is 1. The highest BCUT2D eigenvalue weighted by Crippen LogP contribution is 2.28. The molecule has 21 heavy (non-hydrogen) atoms. The minimum atomic E-state index is -1.04. The van der Waals surface area contributed by atoms with E-state index >= 15 is 0 Å². The lowest BCUT2D eigenvalue weighted by molar-refractivity contribution is -0.138. The van der Waals surface area contributed by atoms with Crippen molar-refractivity contribution in [3.8, 4) is 17.2 Å².